The predicted octanol–water partition coefficient (Wildman–Crippen LogP) is 7.23. The van der Waals surface area contributed by atoms with Crippen molar-refractivity contribution in [3.63, 3.8) is 0 Å². The van der Waals surface area contributed by atoms with Crippen LogP contribution in [0.5, 0.6) is 0 Å². The zero-order chi connectivity index (χ0) is 22.6. The van der Waals surface area contributed by atoms with Crippen LogP contribution >= 0.6 is 26.3 Å². The van der Waals surface area contributed by atoms with Crippen molar-refractivity contribution < 1.29 is 22.0 Å². The Morgan fingerprint density at radius 2 is 0.935 bits per heavy atom. The maximum atomic E-state index is 13.5. The molecule has 0 fully saturated rings. The van der Waals surface area contributed by atoms with Gasteiger partial charge in [0.15, 0.2) is 0 Å². The summed E-state index contributed by atoms with van der Waals surface area (Å²) in [5.41, 5.74) is 0. The summed E-state index contributed by atoms with van der Waals surface area (Å²) < 4.78 is 61.7. The van der Waals surface area contributed by atoms with Gasteiger partial charge in [0.2, 0.25) is 0 Å². The van der Waals surface area contributed by atoms with Crippen molar-refractivity contribution in [2.75, 3.05) is 6.16 Å². The van der Waals surface area contributed by atoms with Crippen molar-refractivity contribution in [1.82, 2.24) is 0 Å². The first-order valence-electron chi connectivity index (χ1n) is 9.94. The molecular weight excluding hydrogens is 541 g/mol. The summed E-state index contributed by atoms with van der Waals surface area (Å²) in [6.45, 7) is 0. The molecule has 0 radical (unpaired) electrons. The number of hydrogen-bond acceptors (Lipinski definition) is 0. The zero-order valence-corrected chi connectivity index (χ0v) is 19.8. The predicted molar refractivity (Wildman–Crippen MR) is 129 cm³/mol. The molecule has 0 aromatic heterocycles. The first-order chi connectivity index (χ1) is 14.6. The first kappa shape index (κ1) is 24.1. The Morgan fingerprint density at radius 3 is 1.26 bits per heavy atom. The van der Waals surface area contributed by atoms with Gasteiger partial charge in [0.05, 0.1) is 0 Å². The second kappa shape index (κ2) is 9.14. The first-order valence-corrected chi connectivity index (χ1v) is 15.1. The van der Waals surface area contributed by atoms with Gasteiger partial charge in [-0.3, -0.25) is 0 Å². The molecule has 0 aliphatic heterocycles. The molecule has 0 saturated carbocycles. The Labute approximate surface area is 192 Å². The molecule has 3 aromatic carbocycles. The van der Waals surface area contributed by atoms with E-state index in [2.05, 4.69) is 22.0 Å². The molecule has 0 N–H and O–H groups in total. The van der Waals surface area contributed by atoms with Crippen LogP contribution in [0.1, 0.15) is 19.3 Å². The van der Waals surface area contributed by atoms with Gasteiger partial charge in [0, 0.05) is 0 Å². The standard InChI is InChI=1S/C24H23F5IP/c25-23(26,24(27,28)29)18-10-11-19-31(30,20-12-4-1-5-13-20,21-14-6-2-7-15-21)22-16-8-3-9-17-22/h1-9,12-17H,10-11,18-19H2. The summed E-state index contributed by atoms with van der Waals surface area (Å²) in [5.74, 6) is -4.67. The third-order valence-electron chi connectivity index (χ3n) is 5.62. The third kappa shape index (κ3) is 4.65. The van der Waals surface area contributed by atoms with Crippen molar-refractivity contribution in [2.45, 2.75) is 31.4 Å². The second-order valence-electron chi connectivity index (χ2n) is 7.57. The normalized spacial score (nSPS) is 14.1. The Bertz CT molecular complexity index is 876. The molecule has 7 heteroatoms. The monoisotopic (exact) mass is 564 g/mol. The molecule has 0 nitrogen and oxygen atoms in total. The van der Waals surface area contributed by atoms with Gasteiger partial charge < -0.3 is 0 Å². The fraction of sp³-hybridized carbons (Fsp3) is 0.250. The van der Waals surface area contributed by atoms with Crippen molar-refractivity contribution in [1.29, 1.82) is 0 Å². The van der Waals surface area contributed by atoms with Gasteiger partial charge in [0.25, 0.3) is 0 Å². The molecule has 31 heavy (non-hydrogen) atoms. The molecule has 0 atom stereocenters. The molecule has 0 saturated heterocycles. The Balaban J connectivity index is 2.07. The summed E-state index contributed by atoms with van der Waals surface area (Å²) in [7, 11) is 0. The van der Waals surface area contributed by atoms with E-state index in [1.165, 1.54) is 0 Å². The van der Waals surface area contributed by atoms with Gasteiger partial charge in [-0.1, -0.05) is 0 Å². The quantitative estimate of drug-likeness (QED) is 0.117. The molecule has 0 unspecified atom stereocenters. The fourth-order valence-electron chi connectivity index (χ4n) is 3.95. The second-order valence-corrected chi connectivity index (χ2v) is 18.3. The Morgan fingerprint density at radius 1 is 0.581 bits per heavy atom. The van der Waals surface area contributed by atoms with Crippen LogP contribution in [0.15, 0.2) is 91.0 Å². The van der Waals surface area contributed by atoms with E-state index < -0.39 is 22.8 Å². The number of alkyl halides is 5. The SMILES string of the molecule is FC(F)(F)C(F)(F)CCCCP(I)(c1ccccc1)(c1ccccc1)c1ccccc1. The average Bonchev–Trinajstić information content (AvgIpc) is 2.78. The van der Waals surface area contributed by atoms with Crippen LogP contribution in [0.3, 0.4) is 0 Å². The van der Waals surface area contributed by atoms with Crippen molar-refractivity contribution in [2.24, 2.45) is 0 Å². The number of halogens is 6. The molecule has 166 valence electrons. The van der Waals surface area contributed by atoms with Crippen molar-refractivity contribution in [3.8, 4) is 0 Å². The van der Waals surface area contributed by atoms with Gasteiger partial charge >= 0.3 is 193 Å². The van der Waals surface area contributed by atoms with Gasteiger partial charge in [-0.05, 0) is 0 Å². The van der Waals surface area contributed by atoms with E-state index in [4.69, 9.17) is 0 Å². The molecule has 0 amide bonds. The zero-order valence-electron chi connectivity index (χ0n) is 16.7. The molecule has 0 aliphatic carbocycles. The van der Waals surface area contributed by atoms with E-state index in [0.717, 1.165) is 15.9 Å². The van der Waals surface area contributed by atoms with Gasteiger partial charge in [-0.25, -0.2) is 0 Å². The van der Waals surface area contributed by atoms with Gasteiger partial charge in [0.1, 0.15) is 0 Å². The van der Waals surface area contributed by atoms with Crippen LogP contribution in [0, 0.1) is 0 Å². The topological polar surface area (TPSA) is 0 Å². The van der Waals surface area contributed by atoms with E-state index in [9.17, 15) is 22.0 Å². The summed E-state index contributed by atoms with van der Waals surface area (Å²) >= 11 is 2.50. The van der Waals surface area contributed by atoms with Crippen LogP contribution in [0.25, 0.3) is 0 Å². The van der Waals surface area contributed by atoms with Crippen LogP contribution < -0.4 is 15.9 Å². The maximum absolute atomic E-state index is 13.5. The molecule has 3 rings (SSSR count). The average molecular weight is 564 g/mol. The molecule has 0 heterocycles. The van der Waals surface area contributed by atoms with E-state index in [1.807, 2.05) is 91.0 Å². The van der Waals surface area contributed by atoms with E-state index in [1.54, 1.807) is 0 Å². The van der Waals surface area contributed by atoms with Gasteiger partial charge in [-0.2, -0.15) is 0 Å². The minimum absolute atomic E-state index is 0.208. The number of benzene rings is 3. The van der Waals surface area contributed by atoms with E-state index >= 15 is 0 Å². The minimum atomic E-state index is -5.51. The molecule has 3 aromatic rings. The Kier molecular flexibility index (Phi) is 7.11. The Hall–Kier alpha value is -1.53. The third-order valence-corrected chi connectivity index (χ3v) is 17.4. The fourth-order valence-corrected chi connectivity index (χ4v) is 12.7. The number of unbranched alkanes of at least 4 members (excludes halogenated alkanes) is 1. The van der Waals surface area contributed by atoms with Crippen LogP contribution in [-0.4, -0.2) is 18.3 Å². The summed E-state index contributed by atoms with van der Waals surface area (Å²) in [4.78, 5) is 0. The van der Waals surface area contributed by atoms with Crippen LogP contribution in [-0.2, 0) is 0 Å². The van der Waals surface area contributed by atoms with Crippen LogP contribution in [0.4, 0.5) is 22.0 Å². The molecular formula is C24H23F5IP. The number of hydrogen-bond donors (Lipinski definition) is 0. The van der Waals surface area contributed by atoms with Crippen LogP contribution in [0.2, 0.25) is 0 Å². The molecule has 0 spiro atoms. The van der Waals surface area contributed by atoms with E-state index in [-0.39, 0.29) is 12.8 Å². The summed E-state index contributed by atoms with van der Waals surface area (Å²) in [5, 5.41) is 3.23. The van der Waals surface area contributed by atoms with Crippen molar-refractivity contribution in [3.05, 3.63) is 91.0 Å². The number of rotatable bonds is 8. The molecule has 0 bridgehead atoms. The summed E-state index contributed by atoms with van der Waals surface area (Å²) in [6, 6.07) is 29.6. The van der Waals surface area contributed by atoms with E-state index in [0.29, 0.717) is 6.16 Å². The summed E-state index contributed by atoms with van der Waals surface area (Å²) in [6.07, 6.45) is -6.16. The van der Waals surface area contributed by atoms with Crippen molar-refractivity contribution >= 4 is 42.2 Å². The van der Waals surface area contributed by atoms with Gasteiger partial charge in [-0.15, -0.1) is 0 Å². The molecule has 0 aliphatic rings.